The molecule has 0 atom stereocenters. The van der Waals surface area contributed by atoms with Gasteiger partial charge in [0.25, 0.3) is 0 Å². The second-order valence-corrected chi connectivity index (χ2v) is 4.04. The van der Waals surface area contributed by atoms with E-state index in [0.29, 0.717) is 13.0 Å². The number of alkyl halides is 6. The van der Waals surface area contributed by atoms with E-state index in [-0.39, 0.29) is 6.54 Å². The van der Waals surface area contributed by atoms with E-state index < -0.39 is 37.4 Å². The number of hydrogen-bond donors (Lipinski definition) is 1. The van der Waals surface area contributed by atoms with Crippen LogP contribution in [0.15, 0.2) is 0 Å². The molecule has 0 aromatic rings. The Morgan fingerprint density at radius 2 is 1.70 bits per heavy atom. The molecule has 0 spiro atoms. The van der Waals surface area contributed by atoms with Crippen LogP contribution in [-0.4, -0.2) is 56.0 Å². The predicted octanol–water partition coefficient (Wildman–Crippen LogP) is 1.69. The smallest absolute Gasteiger partial charge is 0.360 e. The Labute approximate surface area is 111 Å². The van der Waals surface area contributed by atoms with Gasteiger partial charge in [-0.1, -0.05) is 0 Å². The van der Waals surface area contributed by atoms with Crippen LogP contribution in [-0.2, 0) is 9.53 Å². The van der Waals surface area contributed by atoms with E-state index in [2.05, 4.69) is 4.74 Å². The Bertz CT molecular complexity index is 291. The monoisotopic (exact) mass is 310 g/mol. The summed E-state index contributed by atoms with van der Waals surface area (Å²) in [4.78, 5) is 12.5. The van der Waals surface area contributed by atoms with Gasteiger partial charge < -0.3 is 15.4 Å². The summed E-state index contributed by atoms with van der Waals surface area (Å²) in [7, 11) is 1.38. The number of nitrogens with zero attached hydrogens (tertiary/aromatic N) is 1. The molecule has 0 fully saturated rings. The molecule has 20 heavy (non-hydrogen) atoms. The van der Waals surface area contributed by atoms with Gasteiger partial charge in [0, 0.05) is 13.6 Å². The minimum absolute atomic E-state index is 0.275. The van der Waals surface area contributed by atoms with Gasteiger partial charge in [0.15, 0.2) is 0 Å². The van der Waals surface area contributed by atoms with Crippen LogP contribution in [0, 0.1) is 0 Å². The van der Waals surface area contributed by atoms with Crippen molar-refractivity contribution in [3.63, 3.8) is 0 Å². The van der Waals surface area contributed by atoms with Crippen molar-refractivity contribution in [1.82, 2.24) is 4.90 Å². The zero-order valence-electron chi connectivity index (χ0n) is 10.7. The molecular weight excluding hydrogens is 294 g/mol. The fourth-order valence-corrected chi connectivity index (χ4v) is 1.28. The maximum absolute atomic E-state index is 12.1. The van der Waals surface area contributed by atoms with Gasteiger partial charge in [-0.15, -0.1) is 0 Å². The number of carbonyl (C=O) groups excluding carboxylic acids is 1. The van der Waals surface area contributed by atoms with Crippen molar-refractivity contribution in [2.24, 2.45) is 5.73 Å². The summed E-state index contributed by atoms with van der Waals surface area (Å²) in [6.45, 7) is -0.370. The molecule has 0 aromatic heterocycles. The highest BCUT2D eigenvalue weighted by atomic mass is 19.4. The van der Waals surface area contributed by atoms with Crippen molar-refractivity contribution in [2.45, 2.75) is 31.3 Å². The normalized spacial score (nSPS) is 12.8. The molecule has 0 unspecified atom stereocenters. The summed E-state index contributed by atoms with van der Waals surface area (Å²) in [6, 6.07) is 0. The largest absolute Gasteiger partial charge is 0.423 e. The molecule has 1 amide bonds. The molecule has 0 bridgehead atoms. The zero-order chi connectivity index (χ0) is 16.0. The fraction of sp³-hybridized carbons (Fsp3) is 0.900. The zero-order valence-corrected chi connectivity index (χ0v) is 10.7. The van der Waals surface area contributed by atoms with E-state index >= 15 is 0 Å². The van der Waals surface area contributed by atoms with E-state index in [9.17, 15) is 31.1 Å². The van der Waals surface area contributed by atoms with Gasteiger partial charge in [-0.3, -0.25) is 4.79 Å². The van der Waals surface area contributed by atoms with Crippen molar-refractivity contribution >= 4 is 5.91 Å². The molecular formula is C10H16F6N2O2. The first-order valence-corrected chi connectivity index (χ1v) is 5.69. The summed E-state index contributed by atoms with van der Waals surface area (Å²) >= 11 is 0. The molecule has 0 aliphatic carbocycles. The summed E-state index contributed by atoms with van der Waals surface area (Å²) in [5.41, 5.74) is 5.20. The predicted molar refractivity (Wildman–Crippen MR) is 57.8 cm³/mol. The van der Waals surface area contributed by atoms with Gasteiger partial charge in [-0.05, 0) is 13.0 Å². The quantitative estimate of drug-likeness (QED) is 0.728. The van der Waals surface area contributed by atoms with Gasteiger partial charge in [0.1, 0.15) is 0 Å². The highest BCUT2D eigenvalue weighted by Gasteiger charge is 2.57. The summed E-state index contributed by atoms with van der Waals surface area (Å²) in [6.07, 6.45) is -15.1. The minimum Gasteiger partial charge on any atom is -0.360 e. The number of amides is 1. The molecule has 0 aliphatic heterocycles. The topological polar surface area (TPSA) is 55.6 Å². The lowest BCUT2D eigenvalue weighted by Gasteiger charge is -2.23. The highest BCUT2D eigenvalue weighted by Crippen LogP contribution is 2.35. The molecule has 0 aromatic carbocycles. The van der Waals surface area contributed by atoms with E-state index in [0.717, 1.165) is 0 Å². The van der Waals surface area contributed by atoms with E-state index in [1.807, 2.05) is 0 Å². The van der Waals surface area contributed by atoms with Crippen LogP contribution in [0.1, 0.15) is 12.8 Å². The van der Waals surface area contributed by atoms with E-state index in [1.165, 1.54) is 11.9 Å². The molecule has 0 saturated carbocycles. The number of nitrogens with two attached hydrogens (primary N) is 1. The van der Waals surface area contributed by atoms with Crippen molar-refractivity contribution in [1.29, 1.82) is 0 Å². The standard InChI is InChI=1S/C10H16F6N2O2/c1-18(5-2-4-17)7(19)3-6-20-8(9(11,12)13)10(14,15)16/h8H,2-6,17H2,1H3. The molecule has 0 rings (SSSR count). The maximum atomic E-state index is 12.1. The molecule has 0 heterocycles. The third-order valence-corrected chi connectivity index (χ3v) is 2.32. The van der Waals surface area contributed by atoms with Crippen molar-refractivity contribution in [3.05, 3.63) is 0 Å². The number of carbonyl (C=O) groups is 1. The van der Waals surface area contributed by atoms with Crippen molar-refractivity contribution in [2.75, 3.05) is 26.7 Å². The van der Waals surface area contributed by atoms with E-state index in [4.69, 9.17) is 5.73 Å². The second kappa shape index (κ2) is 7.67. The van der Waals surface area contributed by atoms with Crippen LogP contribution in [0.5, 0.6) is 0 Å². The van der Waals surface area contributed by atoms with Crippen LogP contribution < -0.4 is 5.73 Å². The fourth-order valence-electron chi connectivity index (χ4n) is 1.28. The first-order valence-electron chi connectivity index (χ1n) is 5.69. The minimum atomic E-state index is -5.56. The van der Waals surface area contributed by atoms with Crippen LogP contribution in [0.3, 0.4) is 0 Å². The number of rotatable bonds is 7. The van der Waals surface area contributed by atoms with Crippen LogP contribution in [0.2, 0.25) is 0 Å². The van der Waals surface area contributed by atoms with Gasteiger partial charge >= 0.3 is 12.4 Å². The summed E-state index contributed by atoms with van der Waals surface area (Å²) < 4.78 is 76.4. The summed E-state index contributed by atoms with van der Waals surface area (Å²) in [5.74, 6) is -0.610. The Kier molecular flexibility index (Phi) is 7.28. The average molecular weight is 310 g/mol. The first kappa shape index (κ1) is 19.0. The van der Waals surface area contributed by atoms with Crippen molar-refractivity contribution in [3.8, 4) is 0 Å². The Morgan fingerprint density at radius 1 is 1.20 bits per heavy atom. The third kappa shape index (κ3) is 6.94. The molecule has 0 aliphatic rings. The number of ether oxygens (including phenoxy) is 1. The molecule has 4 nitrogen and oxygen atoms in total. The third-order valence-electron chi connectivity index (χ3n) is 2.32. The lowest BCUT2D eigenvalue weighted by atomic mass is 10.3. The van der Waals surface area contributed by atoms with Crippen molar-refractivity contribution < 1.29 is 35.9 Å². The van der Waals surface area contributed by atoms with Gasteiger partial charge in [0.05, 0.1) is 13.0 Å². The lowest BCUT2D eigenvalue weighted by Crippen LogP contribution is -2.44. The van der Waals surface area contributed by atoms with Crippen LogP contribution in [0.25, 0.3) is 0 Å². The molecule has 120 valence electrons. The number of halogens is 6. The molecule has 0 saturated heterocycles. The summed E-state index contributed by atoms with van der Waals surface area (Å²) in [5, 5.41) is 0. The number of hydrogen-bond acceptors (Lipinski definition) is 3. The lowest BCUT2D eigenvalue weighted by molar-refractivity contribution is -0.321. The van der Waals surface area contributed by atoms with Crippen LogP contribution >= 0.6 is 0 Å². The molecule has 0 radical (unpaired) electrons. The van der Waals surface area contributed by atoms with Gasteiger partial charge in [0.2, 0.25) is 12.0 Å². The Balaban J connectivity index is 4.29. The van der Waals surface area contributed by atoms with E-state index in [1.54, 1.807) is 0 Å². The van der Waals surface area contributed by atoms with Gasteiger partial charge in [-0.25, -0.2) is 0 Å². The highest BCUT2D eigenvalue weighted by molar-refractivity contribution is 5.75. The molecule has 10 heteroatoms. The Morgan fingerprint density at radius 3 is 2.10 bits per heavy atom. The SMILES string of the molecule is CN(CCCN)C(=O)CCOC(C(F)(F)F)C(F)(F)F. The molecule has 2 N–H and O–H groups in total. The Hall–Kier alpha value is -1.03. The average Bonchev–Trinajstić information content (AvgIpc) is 2.27. The van der Waals surface area contributed by atoms with Crippen LogP contribution in [0.4, 0.5) is 26.3 Å². The second-order valence-electron chi connectivity index (χ2n) is 4.04. The first-order chi connectivity index (χ1) is 9.00. The maximum Gasteiger partial charge on any atom is 0.423 e. The van der Waals surface area contributed by atoms with Gasteiger partial charge in [-0.2, -0.15) is 26.3 Å².